The largest absolute Gasteiger partial charge is 0.310 e. The van der Waals surface area contributed by atoms with Crippen molar-refractivity contribution in [3.05, 3.63) is 222 Å². The molecule has 4 nitrogen and oxygen atoms in total. The highest BCUT2D eigenvalue weighted by atomic mass is 15.2. The monoisotopic (exact) mass is 766 g/mol. The zero-order valence-corrected chi connectivity index (χ0v) is 33.3. The van der Waals surface area contributed by atoms with E-state index in [9.17, 15) is 5.26 Å². The summed E-state index contributed by atoms with van der Waals surface area (Å²) in [6.07, 6.45) is 0. The molecular formula is C56H38N4. The number of rotatable bonds is 8. The van der Waals surface area contributed by atoms with Gasteiger partial charge in [0, 0.05) is 33.5 Å². The molecule has 0 amide bonds. The van der Waals surface area contributed by atoms with E-state index in [1.165, 1.54) is 10.8 Å². The minimum atomic E-state index is 0.604. The van der Waals surface area contributed by atoms with Crippen LogP contribution < -0.4 is 9.80 Å². The van der Waals surface area contributed by atoms with E-state index in [0.29, 0.717) is 11.3 Å². The number of hydrogen-bond donors (Lipinski definition) is 0. The zero-order chi connectivity index (χ0) is 40.7. The van der Waals surface area contributed by atoms with Gasteiger partial charge in [-0.3, -0.25) is 0 Å². The van der Waals surface area contributed by atoms with E-state index < -0.39 is 0 Å². The Balaban J connectivity index is 1.22. The molecule has 0 aliphatic heterocycles. The molecule has 0 saturated carbocycles. The lowest BCUT2D eigenvalue weighted by atomic mass is 9.91. The summed E-state index contributed by atoms with van der Waals surface area (Å²) < 4.78 is 0. The Labute approximate surface area is 350 Å². The second kappa shape index (κ2) is 15.0. The van der Waals surface area contributed by atoms with Crippen LogP contribution in [0.15, 0.2) is 194 Å². The number of benzene rings is 10. The van der Waals surface area contributed by atoms with Crippen molar-refractivity contribution in [3.8, 4) is 28.3 Å². The second-order valence-corrected chi connectivity index (χ2v) is 15.3. The molecule has 0 N–H and O–H groups in total. The third kappa shape index (κ3) is 6.25. The molecule has 10 rings (SSSR count). The maximum Gasteiger partial charge on any atom is 0.187 e. The first-order chi connectivity index (χ1) is 29.5. The molecule has 10 aromatic carbocycles. The van der Waals surface area contributed by atoms with Crippen molar-refractivity contribution in [2.75, 3.05) is 9.80 Å². The molecule has 0 unspecified atom stereocenters. The van der Waals surface area contributed by atoms with E-state index in [-0.39, 0.29) is 0 Å². The summed E-state index contributed by atoms with van der Waals surface area (Å²) in [7, 11) is 0. The highest BCUT2D eigenvalue weighted by Gasteiger charge is 2.24. The van der Waals surface area contributed by atoms with Crippen molar-refractivity contribution in [1.29, 1.82) is 5.26 Å². The van der Waals surface area contributed by atoms with Gasteiger partial charge in [0.25, 0.3) is 0 Å². The molecule has 0 heterocycles. The highest BCUT2D eigenvalue weighted by molar-refractivity contribution is 6.28. The molecule has 0 atom stereocenters. The van der Waals surface area contributed by atoms with E-state index in [4.69, 9.17) is 6.57 Å². The van der Waals surface area contributed by atoms with Crippen molar-refractivity contribution in [3.63, 3.8) is 0 Å². The van der Waals surface area contributed by atoms with Crippen molar-refractivity contribution < 1.29 is 0 Å². The summed E-state index contributed by atoms with van der Waals surface area (Å²) in [6, 6.07) is 70.4. The third-order valence-corrected chi connectivity index (χ3v) is 11.7. The molecule has 4 heteroatoms. The summed E-state index contributed by atoms with van der Waals surface area (Å²) in [5.41, 5.74) is 14.3. The Kier molecular flexibility index (Phi) is 9.02. The minimum absolute atomic E-state index is 0.604. The molecule has 10 aromatic rings. The topological polar surface area (TPSA) is 34.6 Å². The smallest absolute Gasteiger partial charge is 0.187 e. The van der Waals surface area contributed by atoms with Crippen LogP contribution in [-0.4, -0.2) is 0 Å². The van der Waals surface area contributed by atoms with Crippen molar-refractivity contribution in [2.24, 2.45) is 0 Å². The van der Waals surface area contributed by atoms with Gasteiger partial charge in [-0.05, 0) is 129 Å². The van der Waals surface area contributed by atoms with Crippen LogP contribution >= 0.6 is 0 Å². The normalized spacial score (nSPS) is 11.1. The fourth-order valence-corrected chi connectivity index (χ4v) is 8.66. The van der Waals surface area contributed by atoms with Gasteiger partial charge in [-0.25, -0.2) is 4.85 Å². The molecule has 0 aliphatic carbocycles. The fourth-order valence-electron chi connectivity index (χ4n) is 8.66. The Hall–Kier alpha value is -8.18. The van der Waals surface area contributed by atoms with Crippen molar-refractivity contribution in [1.82, 2.24) is 0 Å². The van der Waals surface area contributed by atoms with Gasteiger partial charge < -0.3 is 9.80 Å². The molecule has 0 aromatic heterocycles. The van der Waals surface area contributed by atoms with Crippen LogP contribution in [-0.2, 0) is 0 Å². The van der Waals surface area contributed by atoms with E-state index in [0.717, 1.165) is 89.0 Å². The Morgan fingerprint density at radius 1 is 0.433 bits per heavy atom. The van der Waals surface area contributed by atoms with E-state index >= 15 is 0 Å². The number of nitriles is 1. The van der Waals surface area contributed by atoms with Crippen LogP contribution in [0.1, 0.15) is 16.7 Å². The summed E-state index contributed by atoms with van der Waals surface area (Å²) in [5, 5.41) is 16.7. The lowest BCUT2D eigenvalue weighted by molar-refractivity contribution is 1.26. The van der Waals surface area contributed by atoms with Crippen molar-refractivity contribution in [2.45, 2.75) is 13.8 Å². The number of nitrogens with zero attached hydrogens (tertiary/aromatic N) is 4. The average molecular weight is 767 g/mol. The maximum atomic E-state index is 9.74. The van der Waals surface area contributed by atoms with Crippen molar-refractivity contribution >= 4 is 72.1 Å². The quantitative estimate of drug-likeness (QED) is 0.114. The SMILES string of the molecule is [C-]#[N+]c1ccc(N(c2cc(-c3ccccc3)ccc2C)c2ccc3ccc4c(N(c5ccc(C#N)cc5)c5cc(-c6ccccc6)ccc5C)ccc5ccc2c3c54)cc1. The number of anilines is 6. The summed E-state index contributed by atoms with van der Waals surface area (Å²) in [4.78, 5) is 8.40. The van der Waals surface area contributed by atoms with E-state index in [2.05, 4.69) is 180 Å². The third-order valence-electron chi connectivity index (χ3n) is 11.7. The average Bonchev–Trinajstić information content (AvgIpc) is 3.31. The molecule has 60 heavy (non-hydrogen) atoms. The second-order valence-electron chi connectivity index (χ2n) is 15.3. The van der Waals surface area contributed by atoms with Crippen LogP contribution in [0.2, 0.25) is 0 Å². The summed E-state index contributed by atoms with van der Waals surface area (Å²) in [6.45, 7) is 12.0. The Morgan fingerprint density at radius 2 is 0.867 bits per heavy atom. The van der Waals surface area contributed by atoms with Gasteiger partial charge in [0.15, 0.2) is 5.69 Å². The van der Waals surface area contributed by atoms with Gasteiger partial charge in [0.05, 0.1) is 29.6 Å². The standard InChI is InChI=1S/C56H38N4/c1-37-14-18-44(40-10-6-4-7-11-40)34-53(37)59(47-26-16-39(36-57)17-27-47)51-32-22-42-21-31-50-52(33-23-43-20-30-49(51)55(42)56(43)50)60(48-28-24-46(58-3)25-29-48)54-35-45(19-15-38(54)2)41-12-8-5-9-13-41/h4-35H,1-2H3. The van der Waals surface area contributed by atoms with Gasteiger partial charge >= 0.3 is 0 Å². The molecule has 0 aliphatic rings. The Bertz CT molecular complexity index is 3060. The molecule has 282 valence electrons. The lowest BCUT2D eigenvalue weighted by Gasteiger charge is -2.31. The minimum Gasteiger partial charge on any atom is -0.310 e. The summed E-state index contributed by atoms with van der Waals surface area (Å²) in [5.74, 6) is 0. The molecule has 0 bridgehead atoms. The highest BCUT2D eigenvalue weighted by Crippen LogP contribution is 2.49. The van der Waals surface area contributed by atoms with Crippen LogP contribution in [0.4, 0.5) is 39.8 Å². The molecule has 0 spiro atoms. The zero-order valence-electron chi connectivity index (χ0n) is 33.3. The molecule has 0 fully saturated rings. The first-order valence-electron chi connectivity index (χ1n) is 20.1. The van der Waals surface area contributed by atoms with Crippen LogP contribution in [0, 0.1) is 31.8 Å². The fraction of sp³-hybridized carbons (Fsp3) is 0.0357. The van der Waals surface area contributed by atoms with Gasteiger partial charge in [0.2, 0.25) is 0 Å². The predicted octanol–water partition coefficient (Wildman–Crippen LogP) is 15.9. The maximum absolute atomic E-state index is 9.74. The van der Waals surface area contributed by atoms with E-state index in [1.54, 1.807) is 0 Å². The van der Waals surface area contributed by atoms with Crippen LogP contribution in [0.5, 0.6) is 0 Å². The first kappa shape index (κ1) is 36.2. The molecule has 0 radical (unpaired) electrons. The molecule has 0 saturated heterocycles. The van der Waals surface area contributed by atoms with E-state index in [1.807, 2.05) is 48.5 Å². The van der Waals surface area contributed by atoms with Gasteiger partial charge in [-0.1, -0.05) is 133 Å². The summed E-state index contributed by atoms with van der Waals surface area (Å²) >= 11 is 0. The Morgan fingerprint density at radius 3 is 1.30 bits per heavy atom. The number of aryl methyl sites for hydroxylation is 2. The van der Waals surface area contributed by atoms with Crippen LogP contribution in [0.3, 0.4) is 0 Å². The van der Waals surface area contributed by atoms with Gasteiger partial charge in [0.1, 0.15) is 0 Å². The number of hydrogen-bond acceptors (Lipinski definition) is 3. The van der Waals surface area contributed by atoms with Gasteiger partial charge in [-0.15, -0.1) is 0 Å². The first-order valence-corrected chi connectivity index (χ1v) is 20.1. The lowest BCUT2D eigenvalue weighted by Crippen LogP contribution is -2.13. The molecular weight excluding hydrogens is 729 g/mol. The van der Waals surface area contributed by atoms with Crippen LogP contribution in [0.25, 0.3) is 59.4 Å². The predicted molar refractivity (Wildman–Crippen MR) is 251 cm³/mol. The van der Waals surface area contributed by atoms with Gasteiger partial charge in [-0.2, -0.15) is 5.26 Å².